The maximum Gasteiger partial charge on any atom is 0.140 e. The molecule has 0 amide bonds. The Bertz CT molecular complexity index is 3760. The first-order valence-corrected chi connectivity index (χ1v) is 23.1. The quantitative estimate of drug-likeness (QED) is 0.175. The van der Waals surface area contributed by atoms with Crippen LogP contribution in [-0.2, 0) is 10.8 Å². The normalized spacial score (nSPS) is 14.3. The highest BCUT2D eigenvalue weighted by Gasteiger charge is 2.52. The molecule has 11 aromatic rings. The summed E-state index contributed by atoms with van der Waals surface area (Å²) in [5, 5.41) is 7.00. The van der Waals surface area contributed by atoms with E-state index in [9.17, 15) is 0 Å². The Morgan fingerprint density at radius 3 is 1.55 bits per heavy atom. The van der Waals surface area contributed by atoms with Crippen molar-refractivity contribution in [3.8, 4) is 44.9 Å². The molecule has 0 bridgehead atoms. The van der Waals surface area contributed by atoms with Crippen molar-refractivity contribution in [3.63, 3.8) is 0 Å². The van der Waals surface area contributed by atoms with Crippen LogP contribution in [0.3, 0.4) is 0 Å². The van der Waals surface area contributed by atoms with E-state index in [2.05, 4.69) is 243 Å². The van der Waals surface area contributed by atoms with E-state index in [1.807, 2.05) is 0 Å². The van der Waals surface area contributed by atoms with Gasteiger partial charge in [0, 0.05) is 44.0 Å². The van der Waals surface area contributed by atoms with Crippen LogP contribution in [0.2, 0.25) is 0 Å². The number of rotatable bonds is 4. The number of benzene rings is 11. The fourth-order valence-corrected chi connectivity index (χ4v) is 12.1. The Hall–Kier alpha value is -8.20. The number of para-hydroxylation sites is 1. The Morgan fingerprint density at radius 1 is 0.333 bits per heavy atom. The number of anilines is 3. The highest BCUT2D eigenvalue weighted by atomic mass is 16.5. The second kappa shape index (κ2) is 13.7. The van der Waals surface area contributed by atoms with Crippen LogP contribution >= 0.6 is 0 Å². The summed E-state index contributed by atoms with van der Waals surface area (Å²) >= 11 is 0. The van der Waals surface area contributed by atoms with Gasteiger partial charge < -0.3 is 9.64 Å². The topological polar surface area (TPSA) is 12.5 Å². The van der Waals surface area contributed by atoms with Crippen LogP contribution in [0, 0.1) is 0 Å². The summed E-state index contributed by atoms with van der Waals surface area (Å²) in [4.78, 5) is 2.50. The lowest BCUT2D eigenvalue weighted by atomic mass is 9.65. The summed E-state index contributed by atoms with van der Waals surface area (Å²) < 4.78 is 7.22. The average Bonchev–Trinajstić information content (AvgIpc) is 3.78. The lowest BCUT2D eigenvalue weighted by molar-refractivity contribution is 0.447. The highest BCUT2D eigenvalue weighted by molar-refractivity contribution is 6.04. The molecule has 0 saturated heterocycles. The first-order valence-electron chi connectivity index (χ1n) is 23.1. The van der Waals surface area contributed by atoms with Crippen LogP contribution in [0.5, 0.6) is 11.5 Å². The van der Waals surface area contributed by atoms with E-state index < -0.39 is 5.41 Å². The van der Waals surface area contributed by atoms with Crippen LogP contribution < -0.4 is 9.64 Å². The van der Waals surface area contributed by atoms with Gasteiger partial charge in [0.25, 0.3) is 0 Å². The minimum atomic E-state index is -0.606. The third-order valence-electron chi connectivity index (χ3n) is 15.1. The summed E-state index contributed by atoms with van der Waals surface area (Å²) in [5.41, 5.74) is 17.7. The second-order valence-corrected chi connectivity index (χ2v) is 18.7. The Kier molecular flexibility index (Phi) is 7.70. The molecule has 0 saturated carbocycles. The molecule has 0 radical (unpaired) electrons. The Balaban J connectivity index is 1.01. The maximum absolute atomic E-state index is 7.22. The lowest BCUT2D eigenvalue weighted by Crippen LogP contribution is -2.32. The van der Waals surface area contributed by atoms with E-state index in [-0.39, 0.29) is 5.41 Å². The highest BCUT2D eigenvalue weighted by Crippen LogP contribution is 2.64. The van der Waals surface area contributed by atoms with Crippen molar-refractivity contribution in [1.29, 1.82) is 0 Å². The number of fused-ring (bicyclic) bond motifs is 17. The van der Waals surface area contributed by atoms with Gasteiger partial charge in [-0.05, 0) is 96.6 Å². The molecule has 2 heteroatoms. The standard InChI is InChI=1S/C64H43NO/c1-63(2)53-26-12-9-24-49(53)51-34-33-44(39-58(51)63)65(60-29-15-19-40-16-3-6-20-45(40)60)59-28-14-11-21-46(59)43-32-35-55-52(38-43)50-25-10-13-27-54(50)64(55)56-36-30-41-17-4-7-22-47(41)61(56)66-62-48-23-8-5-18-42(48)31-37-57(62)64/h3-39H,1-2H3. The van der Waals surface area contributed by atoms with Gasteiger partial charge in [-0.25, -0.2) is 0 Å². The number of hydrogen-bond donors (Lipinski definition) is 0. The molecule has 11 aromatic carbocycles. The van der Waals surface area contributed by atoms with E-state index >= 15 is 0 Å². The minimum absolute atomic E-state index is 0.144. The summed E-state index contributed by atoms with van der Waals surface area (Å²) in [5.74, 6) is 1.86. The molecule has 1 heterocycles. The molecular weight excluding hydrogens is 799 g/mol. The molecule has 0 atom stereocenters. The largest absolute Gasteiger partial charge is 0.455 e. The van der Waals surface area contributed by atoms with Crippen molar-refractivity contribution in [2.24, 2.45) is 0 Å². The fraction of sp³-hybridized carbons (Fsp3) is 0.0625. The van der Waals surface area contributed by atoms with Gasteiger partial charge in [-0.2, -0.15) is 0 Å². The van der Waals surface area contributed by atoms with Crippen LogP contribution in [0.4, 0.5) is 17.1 Å². The van der Waals surface area contributed by atoms with Gasteiger partial charge in [0.1, 0.15) is 11.5 Å². The first-order chi connectivity index (χ1) is 32.5. The van der Waals surface area contributed by atoms with E-state index in [4.69, 9.17) is 4.74 Å². The van der Waals surface area contributed by atoms with Gasteiger partial charge in [0.05, 0.1) is 16.8 Å². The number of nitrogens with zero attached hydrogens (tertiary/aromatic N) is 1. The SMILES string of the molecule is CC1(C)c2ccccc2-c2ccc(N(c3ccccc3-c3ccc4c(c3)-c3ccccc3C43c4ccc5ccccc5c4Oc4c3ccc3ccccc43)c3cccc4ccccc34)cc21. The van der Waals surface area contributed by atoms with Crippen LogP contribution in [-0.4, -0.2) is 0 Å². The molecular formula is C64H43NO. The summed E-state index contributed by atoms with van der Waals surface area (Å²) in [7, 11) is 0. The van der Waals surface area contributed by atoms with Crippen molar-refractivity contribution in [2.45, 2.75) is 24.7 Å². The number of ether oxygens (including phenoxy) is 1. The Morgan fingerprint density at radius 2 is 0.833 bits per heavy atom. The van der Waals surface area contributed by atoms with Gasteiger partial charge in [-0.1, -0.05) is 208 Å². The number of hydrogen-bond acceptors (Lipinski definition) is 2. The summed E-state index contributed by atoms with van der Waals surface area (Å²) in [6.45, 7) is 4.74. The third-order valence-corrected chi connectivity index (χ3v) is 15.1. The molecule has 0 aromatic heterocycles. The molecule has 1 aliphatic heterocycles. The van der Waals surface area contributed by atoms with Crippen molar-refractivity contribution < 1.29 is 4.74 Å². The first kappa shape index (κ1) is 37.2. The predicted molar refractivity (Wildman–Crippen MR) is 274 cm³/mol. The van der Waals surface area contributed by atoms with Crippen molar-refractivity contribution >= 4 is 49.4 Å². The fourth-order valence-electron chi connectivity index (χ4n) is 12.1. The molecule has 0 unspecified atom stereocenters. The maximum atomic E-state index is 7.22. The van der Waals surface area contributed by atoms with Crippen molar-refractivity contribution in [1.82, 2.24) is 0 Å². The van der Waals surface area contributed by atoms with Crippen LogP contribution in [0.25, 0.3) is 65.7 Å². The van der Waals surface area contributed by atoms with E-state index in [0.717, 1.165) is 39.3 Å². The van der Waals surface area contributed by atoms with Gasteiger partial charge in [-0.3, -0.25) is 0 Å². The zero-order chi connectivity index (χ0) is 43.7. The molecule has 66 heavy (non-hydrogen) atoms. The smallest absolute Gasteiger partial charge is 0.140 e. The molecule has 0 N–H and O–H groups in total. The van der Waals surface area contributed by atoms with Gasteiger partial charge in [0.2, 0.25) is 0 Å². The van der Waals surface area contributed by atoms with Gasteiger partial charge in [-0.15, -0.1) is 0 Å². The average molecular weight is 842 g/mol. The molecule has 0 fully saturated rings. The van der Waals surface area contributed by atoms with E-state index in [1.54, 1.807) is 0 Å². The minimum Gasteiger partial charge on any atom is -0.455 e. The van der Waals surface area contributed by atoms with Gasteiger partial charge >= 0.3 is 0 Å². The van der Waals surface area contributed by atoms with Gasteiger partial charge in [0.15, 0.2) is 0 Å². The predicted octanol–water partition coefficient (Wildman–Crippen LogP) is 17.1. The summed E-state index contributed by atoms with van der Waals surface area (Å²) in [6.07, 6.45) is 0. The molecule has 3 aliphatic rings. The van der Waals surface area contributed by atoms with Crippen molar-refractivity contribution in [2.75, 3.05) is 4.90 Å². The van der Waals surface area contributed by atoms with E-state index in [1.165, 1.54) is 88.3 Å². The molecule has 310 valence electrons. The second-order valence-electron chi connectivity index (χ2n) is 18.7. The lowest BCUT2D eigenvalue weighted by Gasteiger charge is -2.40. The summed E-state index contributed by atoms with van der Waals surface area (Å²) in [6, 6.07) is 83.3. The molecule has 1 spiro atoms. The molecule has 2 aliphatic carbocycles. The Labute approximate surface area is 384 Å². The monoisotopic (exact) mass is 841 g/mol. The zero-order valence-corrected chi connectivity index (χ0v) is 36.7. The van der Waals surface area contributed by atoms with Crippen molar-refractivity contribution in [3.05, 3.63) is 258 Å². The van der Waals surface area contributed by atoms with Crippen LogP contribution in [0.15, 0.2) is 224 Å². The molecule has 2 nitrogen and oxygen atoms in total. The van der Waals surface area contributed by atoms with Crippen LogP contribution in [0.1, 0.15) is 47.2 Å². The molecule has 14 rings (SSSR count). The zero-order valence-electron chi connectivity index (χ0n) is 36.7. The third kappa shape index (κ3) is 4.96. The van der Waals surface area contributed by atoms with E-state index in [0.29, 0.717) is 0 Å².